The van der Waals surface area contributed by atoms with E-state index < -0.39 is 0 Å². The van der Waals surface area contributed by atoms with Crippen molar-refractivity contribution in [2.24, 2.45) is 0 Å². The summed E-state index contributed by atoms with van der Waals surface area (Å²) in [5, 5.41) is 6.55. The maximum Gasteiger partial charge on any atom is 0.164 e. The molecule has 10 aromatic rings. The van der Waals surface area contributed by atoms with Crippen molar-refractivity contribution in [2.75, 3.05) is 0 Å². The Bertz CT molecular complexity index is 3150. The second-order valence-corrected chi connectivity index (χ2v) is 13.9. The molecule has 1 aliphatic carbocycles. The lowest BCUT2D eigenvalue weighted by Gasteiger charge is -2.11. The molecule has 3 heterocycles. The van der Waals surface area contributed by atoms with Gasteiger partial charge in [-0.05, 0) is 70.6 Å². The van der Waals surface area contributed by atoms with Gasteiger partial charge in [-0.15, -0.1) is 0 Å². The van der Waals surface area contributed by atoms with Gasteiger partial charge in [-0.25, -0.2) is 15.0 Å². The van der Waals surface area contributed by atoms with E-state index in [-0.39, 0.29) is 0 Å². The summed E-state index contributed by atoms with van der Waals surface area (Å²) in [7, 11) is 0. The maximum absolute atomic E-state index is 6.59. The minimum Gasteiger partial charge on any atom is -0.456 e. The third kappa shape index (κ3) is 5.05. The van der Waals surface area contributed by atoms with Crippen LogP contribution in [-0.2, 0) is 0 Å². The Kier molecular flexibility index (Phi) is 6.92. The van der Waals surface area contributed by atoms with Crippen LogP contribution in [0.2, 0.25) is 0 Å². The molecule has 5 nitrogen and oxygen atoms in total. The quantitative estimate of drug-likeness (QED) is 0.179. The maximum atomic E-state index is 6.59. The van der Waals surface area contributed by atoms with Crippen molar-refractivity contribution in [1.29, 1.82) is 0 Å². The lowest BCUT2D eigenvalue weighted by molar-refractivity contribution is 0.668. The first kappa shape index (κ1) is 30.5. The Morgan fingerprint density at radius 1 is 0.426 bits per heavy atom. The lowest BCUT2D eigenvalue weighted by Crippen LogP contribution is -2.03. The van der Waals surface area contributed by atoms with Crippen LogP contribution in [0.15, 0.2) is 173 Å². The molecular weight excluding hydrogens is 663 g/mol. The van der Waals surface area contributed by atoms with Gasteiger partial charge in [-0.1, -0.05) is 133 Å². The van der Waals surface area contributed by atoms with Gasteiger partial charge in [0.05, 0.1) is 0 Å². The lowest BCUT2D eigenvalue weighted by atomic mass is 9.99. The zero-order valence-electron chi connectivity index (χ0n) is 29.2. The fourth-order valence-electron chi connectivity index (χ4n) is 7.87. The first-order valence-corrected chi connectivity index (χ1v) is 18.3. The van der Waals surface area contributed by atoms with E-state index in [0.29, 0.717) is 17.5 Å². The Labute approximate surface area is 310 Å². The van der Waals surface area contributed by atoms with E-state index >= 15 is 0 Å². The smallest absolute Gasteiger partial charge is 0.164 e. The molecule has 11 rings (SSSR count). The summed E-state index contributed by atoms with van der Waals surface area (Å²) in [4.78, 5) is 15.2. The molecule has 0 saturated carbocycles. The highest BCUT2D eigenvalue weighted by Gasteiger charge is 2.20. The van der Waals surface area contributed by atoms with Crippen LogP contribution in [0.3, 0.4) is 0 Å². The fraction of sp³-hybridized carbons (Fsp3) is 0.0408. The first-order valence-electron chi connectivity index (χ1n) is 18.3. The average Bonchev–Trinajstić information content (AvgIpc) is 3.81. The molecule has 0 radical (unpaired) electrons. The summed E-state index contributed by atoms with van der Waals surface area (Å²) in [5.41, 5.74) is 10.5. The van der Waals surface area contributed by atoms with Gasteiger partial charge in [0.15, 0.2) is 17.5 Å². The molecule has 7 aromatic carbocycles. The molecule has 54 heavy (non-hydrogen) atoms. The topological polar surface area (TPSA) is 65.0 Å². The molecule has 3 aromatic heterocycles. The number of benzene rings is 7. The third-order valence-corrected chi connectivity index (χ3v) is 10.6. The molecular formula is C49H31N3O2. The van der Waals surface area contributed by atoms with Crippen molar-refractivity contribution in [1.82, 2.24) is 15.0 Å². The molecule has 0 bridgehead atoms. The summed E-state index contributed by atoms with van der Waals surface area (Å²) < 4.78 is 13.2. The van der Waals surface area contributed by atoms with Crippen molar-refractivity contribution in [3.63, 3.8) is 0 Å². The van der Waals surface area contributed by atoms with Crippen LogP contribution in [0.4, 0.5) is 0 Å². The van der Waals surface area contributed by atoms with Crippen LogP contribution < -0.4 is 0 Å². The third-order valence-electron chi connectivity index (χ3n) is 10.6. The number of fused-ring (bicyclic) bond motifs is 7. The number of furan rings is 2. The van der Waals surface area contributed by atoms with E-state index in [2.05, 4.69) is 146 Å². The zero-order chi connectivity index (χ0) is 35.6. The number of para-hydroxylation sites is 1. The van der Waals surface area contributed by atoms with Crippen LogP contribution >= 0.6 is 0 Å². The minimum absolute atomic E-state index is 0.610. The Balaban J connectivity index is 1.04. The van der Waals surface area contributed by atoms with Gasteiger partial charge in [0, 0.05) is 43.8 Å². The molecule has 0 N–H and O–H groups in total. The number of nitrogens with zero attached hydrogens (tertiary/aromatic N) is 3. The summed E-state index contributed by atoms with van der Waals surface area (Å²) in [6.07, 6.45) is 8.48. The van der Waals surface area contributed by atoms with Gasteiger partial charge in [-0.3, -0.25) is 0 Å². The van der Waals surface area contributed by atoms with Gasteiger partial charge in [0.25, 0.3) is 0 Å². The molecule has 0 saturated heterocycles. The van der Waals surface area contributed by atoms with Crippen LogP contribution in [0, 0.1) is 0 Å². The number of rotatable bonds is 5. The molecule has 0 unspecified atom stereocenters. The van der Waals surface area contributed by atoms with Gasteiger partial charge >= 0.3 is 0 Å². The van der Waals surface area contributed by atoms with Gasteiger partial charge in [-0.2, -0.15) is 0 Å². The summed E-state index contributed by atoms with van der Waals surface area (Å²) >= 11 is 0. The summed E-state index contributed by atoms with van der Waals surface area (Å²) in [6, 6.07) is 50.5. The molecule has 254 valence electrons. The first-order chi connectivity index (χ1) is 26.7. The predicted molar refractivity (Wildman–Crippen MR) is 220 cm³/mol. The van der Waals surface area contributed by atoms with E-state index in [1.54, 1.807) is 0 Å². The zero-order valence-corrected chi connectivity index (χ0v) is 29.2. The molecule has 0 amide bonds. The SMILES string of the molecule is C1=CC(c2nc(-c3ccc(-c4ccccc4)cc3)nc(-c3cccc4oc5cc(-c6cccc7c6oc6cc8ccccc8cc67)ccc5c34)n2)=CCC1. The van der Waals surface area contributed by atoms with E-state index in [4.69, 9.17) is 23.8 Å². The molecule has 1 aliphatic rings. The van der Waals surface area contributed by atoms with Crippen LogP contribution in [-0.4, -0.2) is 15.0 Å². The van der Waals surface area contributed by atoms with Crippen molar-refractivity contribution < 1.29 is 8.83 Å². The second kappa shape index (κ2) is 12.2. The van der Waals surface area contributed by atoms with Crippen molar-refractivity contribution in [3.8, 4) is 45.0 Å². The molecule has 0 spiro atoms. The normalized spacial score (nSPS) is 13.1. The van der Waals surface area contributed by atoms with E-state index in [1.165, 1.54) is 10.9 Å². The number of allylic oxidation sites excluding steroid dienone is 4. The van der Waals surface area contributed by atoms with Crippen LogP contribution in [0.1, 0.15) is 18.7 Å². The highest BCUT2D eigenvalue weighted by Crippen LogP contribution is 2.41. The van der Waals surface area contributed by atoms with Crippen molar-refractivity contribution in [3.05, 3.63) is 170 Å². The second-order valence-electron chi connectivity index (χ2n) is 13.9. The minimum atomic E-state index is 0.610. The fourth-order valence-corrected chi connectivity index (χ4v) is 7.87. The standard InChI is InChI=1S/C49H31N3O2/c1-3-11-30(12-4-1)31-21-23-33(24-22-31)48-50-47(32-13-5-2-6-14-32)51-49(52-48)40-19-10-20-42-45(40)39-26-25-36(29-43(39)53-42)37-17-9-18-38-41-27-34-15-7-8-16-35(34)28-44(41)54-46(37)38/h1,3-5,7-29H,2,6H2. The Morgan fingerprint density at radius 2 is 1.13 bits per heavy atom. The highest BCUT2D eigenvalue weighted by atomic mass is 16.3. The van der Waals surface area contributed by atoms with E-state index in [1.807, 2.05) is 18.2 Å². The largest absolute Gasteiger partial charge is 0.456 e. The number of hydrogen-bond donors (Lipinski definition) is 0. The van der Waals surface area contributed by atoms with Crippen LogP contribution in [0.25, 0.3) is 105 Å². The van der Waals surface area contributed by atoms with Gasteiger partial charge < -0.3 is 8.83 Å². The number of hydrogen-bond acceptors (Lipinski definition) is 5. The monoisotopic (exact) mass is 693 g/mol. The van der Waals surface area contributed by atoms with Gasteiger partial charge in [0.2, 0.25) is 0 Å². The average molecular weight is 694 g/mol. The Hall–Kier alpha value is -7.11. The highest BCUT2D eigenvalue weighted by molar-refractivity contribution is 6.15. The Morgan fingerprint density at radius 3 is 1.98 bits per heavy atom. The molecule has 0 aliphatic heterocycles. The number of aromatic nitrogens is 3. The van der Waals surface area contributed by atoms with Crippen LogP contribution in [0.5, 0.6) is 0 Å². The predicted octanol–water partition coefficient (Wildman–Crippen LogP) is 13.2. The van der Waals surface area contributed by atoms with E-state index in [9.17, 15) is 0 Å². The van der Waals surface area contributed by atoms with Crippen molar-refractivity contribution >= 4 is 60.2 Å². The molecule has 0 fully saturated rings. The van der Waals surface area contributed by atoms with Gasteiger partial charge in [0.1, 0.15) is 22.3 Å². The molecule has 5 heteroatoms. The van der Waals surface area contributed by atoms with Crippen molar-refractivity contribution in [2.45, 2.75) is 12.8 Å². The molecule has 0 atom stereocenters. The summed E-state index contributed by atoms with van der Waals surface area (Å²) in [5.74, 6) is 1.91. The van der Waals surface area contributed by atoms with E-state index in [0.717, 1.165) is 95.5 Å². The summed E-state index contributed by atoms with van der Waals surface area (Å²) in [6.45, 7) is 0.